The van der Waals surface area contributed by atoms with Gasteiger partial charge in [0.1, 0.15) is 0 Å². The minimum absolute atomic E-state index is 0.0341. The van der Waals surface area contributed by atoms with Gasteiger partial charge in [-0.25, -0.2) is 0 Å². The molecule has 3 aromatic rings. The molecule has 6 heteroatoms. The van der Waals surface area contributed by atoms with E-state index >= 15 is 0 Å². The van der Waals surface area contributed by atoms with Crippen LogP contribution >= 0.6 is 0 Å². The van der Waals surface area contributed by atoms with Gasteiger partial charge in [-0.1, -0.05) is 41.6 Å². The Morgan fingerprint density at radius 1 is 1.07 bits per heavy atom. The molecule has 2 atom stereocenters. The highest BCUT2D eigenvalue weighted by Gasteiger charge is 2.38. The Hall–Kier alpha value is -3.41. The molecule has 0 fully saturated rings. The Labute approximate surface area is 163 Å². The first-order valence-corrected chi connectivity index (χ1v) is 9.26. The summed E-state index contributed by atoms with van der Waals surface area (Å²) in [4.78, 5) is 29.2. The average Bonchev–Trinajstić information content (AvgIpc) is 3.23. The molecule has 0 radical (unpaired) electrons. The molecule has 0 bridgehead atoms. The molecule has 6 nitrogen and oxygen atoms in total. The summed E-state index contributed by atoms with van der Waals surface area (Å²) >= 11 is 0. The van der Waals surface area contributed by atoms with Gasteiger partial charge in [-0.2, -0.15) is 0 Å². The van der Waals surface area contributed by atoms with E-state index in [4.69, 9.17) is 4.52 Å². The number of rotatable bonds is 3. The number of hydrogen-bond acceptors (Lipinski definition) is 4. The zero-order chi connectivity index (χ0) is 19.7. The molecular formula is C22H21N3O3. The van der Waals surface area contributed by atoms with Crippen LogP contribution in [-0.4, -0.2) is 23.0 Å². The van der Waals surface area contributed by atoms with Gasteiger partial charge in [0, 0.05) is 30.4 Å². The van der Waals surface area contributed by atoms with E-state index in [1.807, 2.05) is 66.4 Å². The summed E-state index contributed by atoms with van der Waals surface area (Å²) in [6.45, 7) is 3.56. The molecule has 4 rings (SSSR count). The topological polar surface area (TPSA) is 66.7 Å². The summed E-state index contributed by atoms with van der Waals surface area (Å²) in [5.41, 5.74) is 2.57. The fourth-order valence-corrected chi connectivity index (χ4v) is 3.95. The van der Waals surface area contributed by atoms with E-state index < -0.39 is 0 Å². The van der Waals surface area contributed by atoms with Gasteiger partial charge >= 0.3 is 0 Å². The van der Waals surface area contributed by atoms with Gasteiger partial charge in [0.2, 0.25) is 11.7 Å². The van der Waals surface area contributed by atoms with Crippen LogP contribution in [0.5, 0.6) is 0 Å². The molecule has 2 aromatic carbocycles. The molecule has 0 saturated carbocycles. The monoisotopic (exact) mass is 375 g/mol. The quantitative estimate of drug-likeness (QED) is 0.688. The third kappa shape index (κ3) is 3.07. The normalized spacial score (nSPS) is 18.4. The lowest BCUT2D eigenvalue weighted by Crippen LogP contribution is -2.47. The number of hydrogen-bond donors (Lipinski definition) is 0. The van der Waals surface area contributed by atoms with Gasteiger partial charge in [0.25, 0.3) is 5.91 Å². The van der Waals surface area contributed by atoms with Crippen molar-refractivity contribution in [3.05, 3.63) is 78.2 Å². The van der Waals surface area contributed by atoms with Gasteiger partial charge in [-0.05, 0) is 37.1 Å². The van der Waals surface area contributed by atoms with E-state index in [9.17, 15) is 9.59 Å². The van der Waals surface area contributed by atoms with Crippen molar-refractivity contribution >= 4 is 23.2 Å². The van der Waals surface area contributed by atoms with Crippen LogP contribution in [0.25, 0.3) is 0 Å². The molecule has 0 saturated heterocycles. The van der Waals surface area contributed by atoms with Gasteiger partial charge in [-0.3, -0.25) is 9.59 Å². The minimum atomic E-state index is -0.231. The molecule has 28 heavy (non-hydrogen) atoms. The van der Waals surface area contributed by atoms with Gasteiger partial charge in [0.05, 0.1) is 12.2 Å². The number of carbonyl (C=O) groups is 2. The fourth-order valence-electron chi connectivity index (χ4n) is 3.95. The predicted molar refractivity (Wildman–Crippen MR) is 106 cm³/mol. The fraction of sp³-hybridized carbons (Fsp3) is 0.227. The second-order valence-corrected chi connectivity index (χ2v) is 6.94. The van der Waals surface area contributed by atoms with Crippen molar-refractivity contribution in [3.8, 4) is 0 Å². The molecule has 0 aliphatic carbocycles. The lowest BCUT2D eigenvalue weighted by molar-refractivity contribution is -0.117. The van der Waals surface area contributed by atoms with E-state index in [1.165, 1.54) is 6.20 Å². The number of aromatic nitrogens is 1. The van der Waals surface area contributed by atoms with Crippen molar-refractivity contribution in [2.75, 3.05) is 9.80 Å². The maximum Gasteiger partial charge on any atom is 0.297 e. The Morgan fingerprint density at radius 2 is 1.79 bits per heavy atom. The molecule has 1 aromatic heterocycles. The lowest BCUT2D eigenvalue weighted by Gasteiger charge is -2.43. The standard InChI is InChI=1S/C22H21N3O3/c1-15-14-20(25(16(2)26)17-8-4-3-5-9-17)18-10-6-7-11-19(18)24(15)22(27)21-12-13-23-28-21/h3-13,15,20H,14H2,1-2H3/t15-,20-/m1/s1. The van der Waals surface area contributed by atoms with E-state index in [1.54, 1.807) is 17.9 Å². The van der Waals surface area contributed by atoms with Crippen LogP contribution < -0.4 is 9.80 Å². The summed E-state index contributed by atoms with van der Waals surface area (Å²) in [6, 6.07) is 18.6. The second-order valence-electron chi connectivity index (χ2n) is 6.94. The number of carbonyl (C=O) groups excluding carboxylic acids is 2. The van der Waals surface area contributed by atoms with Crippen molar-refractivity contribution in [2.45, 2.75) is 32.4 Å². The average molecular weight is 375 g/mol. The molecule has 2 amide bonds. The maximum absolute atomic E-state index is 13.0. The molecule has 1 aliphatic rings. The van der Waals surface area contributed by atoms with Gasteiger partial charge < -0.3 is 14.3 Å². The van der Waals surface area contributed by atoms with E-state index in [0.717, 1.165) is 16.9 Å². The molecule has 0 N–H and O–H groups in total. The first-order valence-electron chi connectivity index (χ1n) is 9.26. The minimum Gasteiger partial charge on any atom is -0.351 e. The van der Waals surface area contributed by atoms with Crippen molar-refractivity contribution in [1.29, 1.82) is 0 Å². The van der Waals surface area contributed by atoms with E-state index in [2.05, 4.69) is 5.16 Å². The first-order chi connectivity index (χ1) is 13.6. The largest absolute Gasteiger partial charge is 0.351 e. The van der Waals surface area contributed by atoms with Crippen molar-refractivity contribution in [2.24, 2.45) is 0 Å². The van der Waals surface area contributed by atoms with Crippen LogP contribution in [0.4, 0.5) is 11.4 Å². The molecule has 0 unspecified atom stereocenters. The number of para-hydroxylation sites is 2. The number of nitrogens with zero attached hydrogens (tertiary/aromatic N) is 3. The number of anilines is 2. The number of amides is 2. The van der Waals surface area contributed by atoms with Crippen LogP contribution in [0.2, 0.25) is 0 Å². The van der Waals surface area contributed by atoms with Crippen LogP contribution in [0.1, 0.15) is 42.4 Å². The summed E-state index contributed by atoms with van der Waals surface area (Å²) < 4.78 is 5.09. The van der Waals surface area contributed by atoms with Crippen molar-refractivity contribution in [1.82, 2.24) is 5.16 Å². The molecule has 2 heterocycles. The maximum atomic E-state index is 13.0. The van der Waals surface area contributed by atoms with Crippen LogP contribution in [0.3, 0.4) is 0 Å². The van der Waals surface area contributed by atoms with E-state index in [0.29, 0.717) is 6.42 Å². The van der Waals surface area contributed by atoms with Crippen molar-refractivity contribution in [3.63, 3.8) is 0 Å². The third-order valence-corrected chi connectivity index (χ3v) is 5.11. The van der Waals surface area contributed by atoms with E-state index in [-0.39, 0.29) is 29.7 Å². The van der Waals surface area contributed by atoms with Gasteiger partial charge in [-0.15, -0.1) is 0 Å². The highest BCUT2D eigenvalue weighted by molar-refractivity contribution is 6.05. The molecule has 0 spiro atoms. The summed E-state index contributed by atoms with van der Waals surface area (Å²) in [5, 5.41) is 3.65. The Kier molecular flexibility index (Phi) is 4.69. The zero-order valence-electron chi connectivity index (χ0n) is 15.8. The molecule has 142 valence electrons. The summed E-state index contributed by atoms with van der Waals surface area (Å²) in [5.74, 6) is -0.0650. The van der Waals surface area contributed by atoms with Crippen LogP contribution in [0, 0.1) is 0 Å². The summed E-state index contributed by atoms with van der Waals surface area (Å²) in [7, 11) is 0. The van der Waals surface area contributed by atoms with Crippen molar-refractivity contribution < 1.29 is 14.1 Å². The first kappa shape index (κ1) is 18.0. The highest BCUT2D eigenvalue weighted by Crippen LogP contribution is 2.42. The second kappa shape index (κ2) is 7.31. The SMILES string of the molecule is CC(=O)N(c1ccccc1)[C@@H]1C[C@@H](C)N(C(=O)c2ccno2)c2ccccc21. The molecular weight excluding hydrogens is 354 g/mol. The Bertz CT molecular complexity index is 985. The van der Waals surface area contributed by atoms with Crippen LogP contribution in [0.15, 0.2) is 71.4 Å². The third-order valence-electron chi connectivity index (χ3n) is 5.11. The Balaban J connectivity index is 1.79. The Morgan fingerprint density at radius 3 is 2.46 bits per heavy atom. The van der Waals surface area contributed by atoms with Gasteiger partial charge in [0.15, 0.2) is 0 Å². The lowest BCUT2D eigenvalue weighted by atomic mass is 9.89. The molecule has 1 aliphatic heterocycles. The predicted octanol–water partition coefficient (Wildman–Crippen LogP) is 4.21. The number of fused-ring (bicyclic) bond motifs is 1. The zero-order valence-corrected chi connectivity index (χ0v) is 15.8. The van der Waals surface area contributed by atoms with Crippen LogP contribution in [-0.2, 0) is 4.79 Å². The highest BCUT2D eigenvalue weighted by atomic mass is 16.5. The smallest absolute Gasteiger partial charge is 0.297 e. The summed E-state index contributed by atoms with van der Waals surface area (Å²) in [6.07, 6.45) is 2.08. The number of benzene rings is 2.